The molecule has 0 aliphatic rings. The Morgan fingerprint density at radius 2 is 1.77 bits per heavy atom. The minimum absolute atomic E-state index is 0.994. The number of para-hydroxylation sites is 1. The fraction of sp³-hybridized carbons (Fsp3) is 0.120. The van der Waals surface area contributed by atoms with Gasteiger partial charge in [-0.05, 0) is 54.8 Å². The Kier molecular flexibility index (Phi) is 5.38. The second-order valence-corrected chi connectivity index (χ2v) is 6.18. The second-order valence-electron chi connectivity index (χ2n) is 6.18. The van der Waals surface area contributed by atoms with E-state index in [1.807, 2.05) is 31.2 Å². The fourth-order valence-electron chi connectivity index (χ4n) is 3.40. The summed E-state index contributed by atoms with van der Waals surface area (Å²) in [6.07, 6.45) is 13.2. The van der Waals surface area contributed by atoms with Crippen LogP contribution in [0.3, 0.4) is 0 Å². The zero-order valence-corrected chi connectivity index (χ0v) is 15.6. The third-order valence-corrected chi connectivity index (χ3v) is 4.58. The van der Waals surface area contributed by atoms with Crippen LogP contribution in [0.25, 0.3) is 33.1 Å². The Balaban J connectivity index is 2.37. The highest BCUT2D eigenvalue weighted by atomic mass is 15.0. The predicted molar refractivity (Wildman–Crippen MR) is 117 cm³/mol. The molecule has 1 nitrogen and oxygen atoms in total. The lowest BCUT2D eigenvalue weighted by atomic mass is 10.0. The van der Waals surface area contributed by atoms with Gasteiger partial charge in [0.25, 0.3) is 0 Å². The molecular formula is C25H25N. The van der Waals surface area contributed by atoms with Gasteiger partial charge in [-0.1, -0.05) is 68.7 Å². The van der Waals surface area contributed by atoms with Crippen molar-refractivity contribution in [2.24, 2.45) is 0 Å². The molecule has 0 atom stereocenters. The molecule has 0 bridgehead atoms. The zero-order valence-electron chi connectivity index (χ0n) is 15.6. The molecule has 0 saturated carbocycles. The SMILES string of the molecule is C=C/C(=C\CC)c1ccc2c(c1)c1ccccc1n2/C(C=C)=C/C=C\C. The maximum Gasteiger partial charge on any atom is 0.0541 e. The predicted octanol–water partition coefficient (Wildman–Crippen LogP) is 7.38. The van der Waals surface area contributed by atoms with Crippen LogP contribution < -0.4 is 0 Å². The second kappa shape index (κ2) is 7.88. The Labute approximate surface area is 156 Å². The van der Waals surface area contributed by atoms with Crippen molar-refractivity contribution in [3.8, 4) is 0 Å². The molecule has 0 aliphatic heterocycles. The number of allylic oxidation sites excluding steroid dienone is 8. The molecule has 3 aromatic rings. The molecule has 3 rings (SSSR count). The summed E-state index contributed by atoms with van der Waals surface area (Å²) >= 11 is 0. The summed E-state index contributed by atoms with van der Waals surface area (Å²) in [7, 11) is 0. The van der Waals surface area contributed by atoms with E-state index < -0.39 is 0 Å². The third kappa shape index (κ3) is 3.09. The Morgan fingerprint density at radius 1 is 1.00 bits per heavy atom. The van der Waals surface area contributed by atoms with Crippen LogP contribution in [0.1, 0.15) is 25.8 Å². The van der Waals surface area contributed by atoms with E-state index in [1.54, 1.807) is 0 Å². The van der Waals surface area contributed by atoms with Crippen LogP contribution in [0, 0.1) is 0 Å². The summed E-state index contributed by atoms with van der Waals surface area (Å²) in [6.45, 7) is 12.2. The van der Waals surface area contributed by atoms with E-state index in [0.29, 0.717) is 0 Å². The van der Waals surface area contributed by atoms with Crippen molar-refractivity contribution in [2.45, 2.75) is 20.3 Å². The van der Waals surface area contributed by atoms with Gasteiger partial charge in [-0.3, -0.25) is 0 Å². The number of rotatable bonds is 6. The molecule has 2 aromatic carbocycles. The van der Waals surface area contributed by atoms with Gasteiger partial charge in [-0.15, -0.1) is 0 Å². The van der Waals surface area contributed by atoms with Gasteiger partial charge in [0.05, 0.1) is 11.0 Å². The van der Waals surface area contributed by atoms with E-state index in [1.165, 1.54) is 32.9 Å². The molecule has 0 N–H and O–H groups in total. The monoisotopic (exact) mass is 339 g/mol. The molecule has 0 spiro atoms. The minimum Gasteiger partial charge on any atom is -0.309 e. The number of benzene rings is 2. The van der Waals surface area contributed by atoms with Crippen molar-refractivity contribution < 1.29 is 0 Å². The summed E-state index contributed by atoms with van der Waals surface area (Å²) in [5.74, 6) is 0. The molecule has 0 radical (unpaired) electrons. The van der Waals surface area contributed by atoms with Crippen LogP contribution in [0.4, 0.5) is 0 Å². The van der Waals surface area contributed by atoms with Crippen LogP contribution in [0.5, 0.6) is 0 Å². The zero-order chi connectivity index (χ0) is 18.5. The van der Waals surface area contributed by atoms with Gasteiger partial charge in [0, 0.05) is 16.5 Å². The highest BCUT2D eigenvalue weighted by Gasteiger charge is 2.12. The smallest absolute Gasteiger partial charge is 0.0541 e. The molecule has 26 heavy (non-hydrogen) atoms. The van der Waals surface area contributed by atoms with Crippen molar-refractivity contribution in [3.05, 3.63) is 97.6 Å². The largest absolute Gasteiger partial charge is 0.309 e. The number of aromatic nitrogens is 1. The summed E-state index contributed by atoms with van der Waals surface area (Å²) in [5, 5.41) is 2.49. The standard InChI is InChI=1S/C25H25N/c1-5-9-13-21(8-4)26-24-15-11-10-14-22(24)23-18-20(16-17-25(23)26)19(7-3)12-6-2/h5,7-18H,3-4,6H2,1-2H3/b9-5-,19-12+,21-13+. The van der Waals surface area contributed by atoms with E-state index in [-0.39, 0.29) is 0 Å². The van der Waals surface area contributed by atoms with Gasteiger partial charge in [0.2, 0.25) is 0 Å². The first-order valence-corrected chi connectivity index (χ1v) is 9.07. The lowest BCUT2D eigenvalue weighted by Crippen LogP contribution is -1.94. The van der Waals surface area contributed by atoms with Crippen LogP contribution in [0.2, 0.25) is 0 Å². The van der Waals surface area contributed by atoms with Crippen molar-refractivity contribution >= 4 is 33.1 Å². The first-order chi connectivity index (χ1) is 12.7. The maximum absolute atomic E-state index is 4.02. The molecule has 0 unspecified atom stereocenters. The molecule has 0 aliphatic carbocycles. The van der Waals surface area contributed by atoms with Gasteiger partial charge in [-0.25, -0.2) is 0 Å². The quantitative estimate of drug-likeness (QED) is 0.413. The summed E-state index contributed by atoms with van der Waals surface area (Å²) in [5.41, 5.74) is 5.82. The van der Waals surface area contributed by atoms with E-state index in [4.69, 9.17) is 0 Å². The first kappa shape index (κ1) is 17.8. The summed E-state index contributed by atoms with van der Waals surface area (Å²) < 4.78 is 2.28. The van der Waals surface area contributed by atoms with Crippen molar-refractivity contribution in [2.75, 3.05) is 0 Å². The molecular weight excluding hydrogens is 314 g/mol. The van der Waals surface area contributed by atoms with Gasteiger partial charge in [-0.2, -0.15) is 0 Å². The number of hydrogen-bond donors (Lipinski definition) is 0. The Hall–Kier alpha value is -3.06. The van der Waals surface area contributed by atoms with E-state index in [9.17, 15) is 0 Å². The van der Waals surface area contributed by atoms with E-state index >= 15 is 0 Å². The number of hydrogen-bond acceptors (Lipinski definition) is 0. The minimum atomic E-state index is 0.994. The van der Waals surface area contributed by atoms with Crippen molar-refractivity contribution in [3.63, 3.8) is 0 Å². The highest BCUT2D eigenvalue weighted by Crippen LogP contribution is 2.34. The summed E-state index contributed by atoms with van der Waals surface area (Å²) in [4.78, 5) is 0. The van der Waals surface area contributed by atoms with Gasteiger partial charge < -0.3 is 4.57 Å². The topological polar surface area (TPSA) is 4.93 Å². The van der Waals surface area contributed by atoms with Crippen LogP contribution in [0.15, 0.2) is 92.1 Å². The lowest BCUT2D eigenvalue weighted by molar-refractivity contribution is 1.23. The van der Waals surface area contributed by atoms with Gasteiger partial charge in [0.1, 0.15) is 0 Å². The number of fused-ring (bicyclic) bond motifs is 3. The molecule has 1 heteroatoms. The molecule has 130 valence electrons. The lowest BCUT2D eigenvalue weighted by Gasteiger charge is -2.09. The normalized spacial score (nSPS) is 13.0. The average Bonchev–Trinajstić information content (AvgIpc) is 3.01. The van der Waals surface area contributed by atoms with Crippen molar-refractivity contribution in [1.29, 1.82) is 0 Å². The third-order valence-electron chi connectivity index (χ3n) is 4.58. The Morgan fingerprint density at radius 3 is 2.46 bits per heavy atom. The molecule has 0 amide bonds. The average molecular weight is 339 g/mol. The molecule has 0 fully saturated rings. The van der Waals surface area contributed by atoms with Gasteiger partial charge >= 0.3 is 0 Å². The van der Waals surface area contributed by atoms with E-state index in [2.05, 4.69) is 79.3 Å². The highest BCUT2D eigenvalue weighted by molar-refractivity contribution is 6.11. The maximum atomic E-state index is 4.02. The molecule has 1 aromatic heterocycles. The Bertz CT molecular complexity index is 1050. The van der Waals surface area contributed by atoms with Gasteiger partial charge in [0.15, 0.2) is 0 Å². The van der Waals surface area contributed by atoms with E-state index in [0.717, 1.165) is 12.1 Å². The molecule has 0 saturated heterocycles. The summed E-state index contributed by atoms with van der Waals surface area (Å²) in [6, 6.07) is 15.2. The number of nitrogens with zero attached hydrogens (tertiary/aromatic N) is 1. The fourth-order valence-corrected chi connectivity index (χ4v) is 3.40. The van der Waals surface area contributed by atoms with Crippen LogP contribution >= 0.6 is 0 Å². The molecule has 1 heterocycles. The first-order valence-electron chi connectivity index (χ1n) is 9.07. The van der Waals surface area contributed by atoms with Crippen LogP contribution in [-0.2, 0) is 0 Å². The van der Waals surface area contributed by atoms with Crippen LogP contribution in [-0.4, -0.2) is 4.57 Å². The van der Waals surface area contributed by atoms with Crippen molar-refractivity contribution in [1.82, 2.24) is 4.57 Å².